The summed E-state index contributed by atoms with van der Waals surface area (Å²) in [6.45, 7) is 7.23. The van der Waals surface area contributed by atoms with Crippen molar-refractivity contribution in [2.45, 2.75) is 39.7 Å². The number of hydrogen-bond acceptors (Lipinski definition) is 4. The third-order valence-electron chi connectivity index (χ3n) is 2.98. The molecule has 106 valence electrons. The monoisotopic (exact) mass is 286 g/mol. The van der Waals surface area contributed by atoms with Crippen LogP contribution in [-0.4, -0.2) is 22.8 Å². The molecular formula is C14H19ClO4. The maximum absolute atomic E-state index is 11.6. The van der Waals surface area contributed by atoms with Gasteiger partial charge in [0, 0.05) is 10.6 Å². The van der Waals surface area contributed by atoms with E-state index in [0.29, 0.717) is 16.1 Å². The van der Waals surface area contributed by atoms with Crippen molar-refractivity contribution in [2.75, 3.05) is 6.61 Å². The summed E-state index contributed by atoms with van der Waals surface area (Å²) in [5, 5.41) is 20.6. The molecule has 0 saturated carbocycles. The Labute approximate surface area is 118 Å². The van der Waals surface area contributed by atoms with E-state index in [1.54, 1.807) is 19.9 Å². The van der Waals surface area contributed by atoms with Crippen molar-refractivity contribution >= 4 is 17.6 Å². The number of phenolic OH excluding ortho intramolecular Hbond substituents is 1. The largest absolute Gasteiger partial charge is 0.507 e. The van der Waals surface area contributed by atoms with E-state index in [2.05, 4.69) is 0 Å². The summed E-state index contributed by atoms with van der Waals surface area (Å²) in [5.74, 6) is -0.874. The molecule has 2 N–H and O–H groups in total. The first-order valence-electron chi connectivity index (χ1n) is 6.17. The number of esters is 1. The highest BCUT2D eigenvalue weighted by Crippen LogP contribution is 2.39. The quantitative estimate of drug-likeness (QED) is 0.835. The molecular weight excluding hydrogens is 268 g/mol. The lowest BCUT2D eigenvalue weighted by Gasteiger charge is -2.19. The van der Waals surface area contributed by atoms with E-state index in [9.17, 15) is 15.0 Å². The van der Waals surface area contributed by atoms with E-state index in [4.69, 9.17) is 16.3 Å². The Balaban J connectivity index is 3.37. The van der Waals surface area contributed by atoms with Crippen molar-refractivity contribution in [3.63, 3.8) is 0 Å². The lowest BCUT2D eigenvalue weighted by atomic mass is 9.93. The molecule has 0 radical (unpaired) electrons. The number of benzene rings is 1. The van der Waals surface area contributed by atoms with Crippen LogP contribution in [0.3, 0.4) is 0 Å². The lowest BCUT2D eigenvalue weighted by molar-refractivity contribution is -0.153. The molecule has 0 spiro atoms. The van der Waals surface area contributed by atoms with Crippen LogP contribution < -0.4 is 0 Å². The molecule has 1 aromatic carbocycles. The number of hydrogen-bond donors (Lipinski definition) is 2. The Morgan fingerprint density at radius 1 is 1.47 bits per heavy atom. The second kappa shape index (κ2) is 6.26. The average Bonchev–Trinajstić information content (AvgIpc) is 2.33. The minimum Gasteiger partial charge on any atom is -0.507 e. The van der Waals surface area contributed by atoms with Crippen molar-refractivity contribution < 1.29 is 19.7 Å². The molecule has 19 heavy (non-hydrogen) atoms. The Kier molecular flexibility index (Phi) is 5.20. The third kappa shape index (κ3) is 3.19. The van der Waals surface area contributed by atoms with Gasteiger partial charge in [-0.15, -0.1) is 0 Å². The van der Waals surface area contributed by atoms with E-state index < -0.39 is 12.1 Å². The van der Waals surface area contributed by atoms with Crippen molar-refractivity contribution in [2.24, 2.45) is 0 Å². The molecule has 5 heteroatoms. The number of aliphatic hydroxyl groups is 1. The van der Waals surface area contributed by atoms with Crippen molar-refractivity contribution in [1.82, 2.24) is 0 Å². The molecule has 0 aliphatic heterocycles. The van der Waals surface area contributed by atoms with Crippen LogP contribution in [0.25, 0.3) is 0 Å². The van der Waals surface area contributed by atoms with Gasteiger partial charge in [-0.1, -0.05) is 25.4 Å². The molecule has 1 aromatic rings. The van der Waals surface area contributed by atoms with Gasteiger partial charge in [0.05, 0.1) is 6.61 Å². The molecule has 0 amide bonds. The second-order valence-corrected chi connectivity index (χ2v) is 5.05. The standard InChI is InChI=1S/C14H19ClO4/c1-5-19-14(18)13(17)11-8(4)10(15)6-9(7(2)3)12(11)16/h6-7,13,16-17H,5H2,1-4H3. The lowest BCUT2D eigenvalue weighted by Crippen LogP contribution is -2.17. The Morgan fingerprint density at radius 2 is 2.05 bits per heavy atom. The highest BCUT2D eigenvalue weighted by atomic mass is 35.5. The van der Waals surface area contributed by atoms with E-state index in [-0.39, 0.29) is 23.8 Å². The Morgan fingerprint density at radius 3 is 2.53 bits per heavy atom. The fraction of sp³-hybridized carbons (Fsp3) is 0.500. The molecule has 0 bridgehead atoms. The molecule has 0 aliphatic rings. The molecule has 4 nitrogen and oxygen atoms in total. The molecule has 0 fully saturated rings. The molecule has 0 aliphatic carbocycles. The minimum absolute atomic E-state index is 0.0197. The predicted octanol–water partition coefficient (Wildman–Crippen LogP) is 3.07. The average molecular weight is 287 g/mol. The normalized spacial score (nSPS) is 12.6. The highest BCUT2D eigenvalue weighted by molar-refractivity contribution is 6.31. The molecule has 1 unspecified atom stereocenters. The number of phenols is 1. The summed E-state index contributed by atoms with van der Waals surface area (Å²) in [4.78, 5) is 11.6. The van der Waals surface area contributed by atoms with Gasteiger partial charge in [-0.2, -0.15) is 0 Å². The zero-order valence-corrected chi connectivity index (χ0v) is 12.3. The summed E-state index contributed by atoms with van der Waals surface area (Å²) in [6, 6.07) is 1.65. The van der Waals surface area contributed by atoms with Crippen LogP contribution in [0.4, 0.5) is 0 Å². The van der Waals surface area contributed by atoms with Crippen LogP contribution in [0.15, 0.2) is 6.07 Å². The highest BCUT2D eigenvalue weighted by Gasteiger charge is 2.27. The van der Waals surface area contributed by atoms with Gasteiger partial charge in [0.2, 0.25) is 0 Å². The van der Waals surface area contributed by atoms with Gasteiger partial charge in [0.1, 0.15) is 5.75 Å². The first-order chi connectivity index (χ1) is 8.81. The third-order valence-corrected chi connectivity index (χ3v) is 3.37. The van der Waals surface area contributed by atoms with E-state index in [1.807, 2.05) is 13.8 Å². The molecule has 0 heterocycles. The number of aliphatic hydroxyl groups excluding tert-OH is 1. The fourth-order valence-corrected chi connectivity index (χ4v) is 2.11. The van der Waals surface area contributed by atoms with Gasteiger partial charge in [-0.3, -0.25) is 0 Å². The van der Waals surface area contributed by atoms with Crippen LogP contribution in [0.2, 0.25) is 5.02 Å². The van der Waals surface area contributed by atoms with Gasteiger partial charge in [0.25, 0.3) is 0 Å². The number of halogens is 1. The van der Waals surface area contributed by atoms with Gasteiger partial charge >= 0.3 is 5.97 Å². The number of rotatable bonds is 4. The number of aromatic hydroxyl groups is 1. The van der Waals surface area contributed by atoms with Gasteiger partial charge < -0.3 is 14.9 Å². The first-order valence-corrected chi connectivity index (χ1v) is 6.55. The van der Waals surface area contributed by atoms with E-state index in [1.165, 1.54) is 0 Å². The number of ether oxygens (including phenoxy) is 1. The zero-order chi connectivity index (χ0) is 14.7. The SMILES string of the molecule is CCOC(=O)C(O)c1c(C)c(Cl)cc(C(C)C)c1O. The van der Waals surface area contributed by atoms with Crippen LogP contribution in [0, 0.1) is 6.92 Å². The van der Waals surface area contributed by atoms with E-state index in [0.717, 1.165) is 0 Å². The van der Waals surface area contributed by atoms with Crippen molar-refractivity contribution in [1.29, 1.82) is 0 Å². The van der Waals surface area contributed by atoms with Crippen molar-refractivity contribution in [3.05, 3.63) is 27.8 Å². The van der Waals surface area contributed by atoms with E-state index >= 15 is 0 Å². The summed E-state index contributed by atoms with van der Waals surface area (Å²) in [5.41, 5.74) is 1.19. The predicted molar refractivity (Wildman–Crippen MR) is 73.5 cm³/mol. The summed E-state index contributed by atoms with van der Waals surface area (Å²) in [7, 11) is 0. The van der Waals surface area contributed by atoms with Crippen molar-refractivity contribution in [3.8, 4) is 5.75 Å². The molecule has 1 atom stereocenters. The minimum atomic E-state index is -1.53. The van der Waals surface area contributed by atoms with Gasteiger partial charge in [0.15, 0.2) is 6.10 Å². The van der Waals surface area contributed by atoms with Crippen LogP contribution >= 0.6 is 11.6 Å². The summed E-state index contributed by atoms with van der Waals surface area (Å²) in [6.07, 6.45) is -1.53. The maximum Gasteiger partial charge on any atom is 0.339 e. The Bertz CT molecular complexity index is 483. The maximum atomic E-state index is 11.6. The van der Waals surface area contributed by atoms with Crippen LogP contribution in [-0.2, 0) is 9.53 Å². The number of carbonyl (C=O) groups is 1. The molecule has 0 aromatic heterocycles. The van der Waals surface area contributed by atoms with Gasteiger partial charge in [-0.25, -0.2) is 4.79 Å². The number of carbonyl (C=O) groups excluding carboxylic acids is 1. The van der Waals surface area contributed by atoms with Gasteiger partial charge in [-0.05, 0) is 37.0 Å². The van der Waals surface area contributed by atoms with Crippen LogP contribution in [0.5, 0.6) is 5.75 Å². The second-order valence-electron chi connectivity index (χ2n) is 4.64. The zero-order valence-electron chi connectivity index (χ0n) is 11.5. The topological polar surface area (TPSA) is 66.8 Å². The smallest absolute Gasteiger partial charge is 0.339 e. The molecule has 0 saturated heterocycles. The Hall–Kier alpha value is -1.26. The summed E-state index contributed by atoms with van der Waals surface area (Å²) < 4.78 is 4.77. The van der Waals surface area contributed by atoms with Crippen LogP contribution in [0.1, 0.15) is 49.5 Å². The first kappa shape index (κ1) is 15.8. The summed E-state index contributed by atoms with van der Waals surface area (Å²) >= 11 is 6.09. The fourth-order valence-electron chi connectivity index (χ4n) is 1.89. The molecule has 1 rings (SSSR count).